The first-order valence-electron chi connectivity index (χ1n) is 8.92. The van der Waals surface area contributed by atoms with Crippen molar-refractivity contribution in [1.29, 1.82) is 0 Å². The van der Waals surface area contributed by atoms with Crippen molar-refractivity contribution in [3.05, 3.63) is 29.3 Å². The predicted octanol–water partition coefficient (Wildman–Crippen LogP) is 2.60. The van der Waals surface area contributed by atoms with Crippen LogP contribution in [0.25, 0.3) is 10.6 Å². The summed E-state index contributed by atoms with van der Waals surface area (Å²) in [6.07, 6.45) is 4.13. The van der Waals surface area contributed by atoms with Crippen LogP contribution in [0.4, 0.5) is 0 Å². The van der Waals surface area contributed by atoms with Crippen molar-refractivity contribution in [2.45, 2.75) is 38.2 Å². The molecule has 0 aliphatic carbocycles. The smallest absolute Gasteiger partial charge is 0.273 e. The summed E-state index contributed by atoms with van der Waals surface area (Å²) in [5.74, 6) is 0.312. The number of hydrogen-bond acceptors (Lipinski definition) is 6. The molecule has 0 spiro atoms. The van der Waals surface area contributed by atoms with E-state index in [-0.39, 0.29) is 23.6 Å². The van der Waals surface area contributed by atoms with Crippen LogP contribution in [0.2, 0.25) is 0 Å². The van der Waals surface area contributed by atoms with Crippen LogP contribution in [0.3, 0.4) is 0 Å². The van der Waals surface area contributed by atoms with Crippen LogP contribution >= 0.6 is 11.3 Å². The van der Waals surface area contributed by atoms with Crippen molar-refractivity contribution in [3.8, 4) is 10.6 Å². The number of carbonyl (C=O) groups excluding carboxylic acids is 2. The number of rotatable bonds is 8. The topological polar surface area (TPSA) is 93.5 Å². The third kappa shape index (κ3) is 5.15. The largest absolute Gasteiger partial charge is 0.368 e. The fourth-order valence-electron chi connectivity index (χ4n) is 2.73. The molecule has 2 N–H and O–H groups in total. The summed E-state index contributed by atoms with van der Waals surface area (Å²) >= 11 is 1.53. The molecule has 3 heterocycles. The highest BCUT2D eigenvalue weighted by Crippen LogP contribution is 2.25. The minimum atomic E-state index is -0.298. The summed E-state index contributed by atoms with van der Waals surface area (Å²) < 4.78 is 10.6. The Morgan fingerprint density at radius 3 is 2.81 bits per heavy atom. The van der Waals surface area contributed by atoms with Crippen LogP contribution in [0.1, 0.15) is 42.6 Å². The molecule has 1 atom stereocenters. The van der Waals surface area contributed by atoms with Gasteiger partial charge in [-0.2, -0.15) is 0 Å². The summed E-state index contributed by atoms with van der Waals surface area (Å²) in [4.78, 5) is 24.9. The van der Waals surface area contributed by atoms with Gasteiger partial charge in [-0.3, -0.25) is 9.59 Å². The Bertz CT molecular complexity index is 708. The number of thiophene rings is 1. The standard InChI is InChI=1S/C18H23N3O4S/c22-17(13-12-15(25-21-13)16-7-5-11-26-16)19-8-2-3-9-20-18(23)14-6-1-4-10-24-14/h5,7,11-12,14H,1-4,6,8-10H2,(H,19,22)(H,20,23). The molecule has 140 valence electrons. The second kappa shape index (κ2) is 9.49. The molecule has 26 heavy (non-hydrogen) atoms. The van der Waals surface area contributed by atoms with Gasteiger partial charge in [0, 0.05) is 25.8 Å². The first-order chi connectivity index (χ1) is 12.7. The van der Waals surface area contributed by atoms with Gasteiger partial charge in [0.15, 0.2) is 11.5 Å². The minimum absolute atomic E-state index is 0.0301. The van der Waals surface area contributed by atoms with Crippen LogP contribution < -0.4 is 10.6 Å². The van der Waals surface area contributed by atoms with Crippen molar-refractivity contribution in [2.24, 2.45) is 0 Å². The van der Waals surface area contributed by atoms with E-state index in [0.29, 0.717) is 25.5 Å². The zero-order valence-corrected chi connectivity index (χ0v) is 15.3. The second-order valence-corrected chi connectivity index (χ2v) is 7.11. The maximum absolute atomic E-state index is 12.1. The average molecular weight is 377 g/mol. The van der Waals surface area contributed by atoms with E-state index in [0.717, 1.165) is 37.0 Å². The highest BCUT2D eigenvalue weighted by atomic mass is 32.1. The molecule has 2 aromatic heterocycles. The predicted molar refractivity (Wildman–Crippen MR) is 98.0 cm³/mol. The lowest BCUT2D eigenvalue weighted by molar-refractivity contribution is -0.135. The number of nitrogens with zero attached hydrogens (tertiary/aromatic N) is 1. The molecule has 0 aromatic carbocycles. The van der Waals surface area contributed by atoms with E-state index in [1.807, 2.05) is 17.5 Å². The van der Waals surface area contributed by atoms with Gasteiger partial charge in [0.2, 0.25) is 5.91 Å². The molecule has 2 aromatic rings. The number of hydrogen-bond donors (Lipinski definition) is 2. The Hall–Kier alpha value is -2.19. The molecule has 0 saturated carbocycles. The molecular weight excluding hydrogens is 354 g/mol. The van der Waals surface area contributed by atoms with Gasteiger partial charge >= 0.3 is 0 Å². The Labute approximate surface area is 156 Å². The van der Waals surface area contributed by atoms with Crippen LogP contribution in [-0.4, -0.2) is 42.8 Å². The summed E-state index contributed by atoms with van der Waals surface area (Å²) in [7, 11) is 0. The zero-order chi connectivity index (χ0) is 18.2. The van der Waals surface area contributed by atoms with E-state index < -0.39 is 0 Å². The lowest BCUT2D eigenvalue weighted by atomic mass is 10.1. The van der Waals surface area contributed by atoms with Crippen molar-refractivity contribution in [1.82, 2.24) is 15.8 Å². The molecule has 1 aliphatic rings. The van der Waals surface area contributed by atoms with Gasteiger partial charge in [0.1, 0.15) is 6.10 Å². The lowest BCUT2D eigenvalue weighted by Crippen LogP contribution is -2.38. The van der Waals surface area contributed by atoms with E-state index in [2.05, 4.69) is 15.8 Å². The highest BCUT2D eigenvalue weighted by Gasteiger charge is 2.21. The SMILES string of the molecule is O=C(NCCCCNC(=O)C1CCCCO1)c1cc(-c2cccs2)on1. The van der Waals surface area contributed by atoms with Crippen LogP contribution in [0.15, 0.2) is 28.1 Å². The summed E-state index contributed by atoms with van der Waals surface area (Å²) in [5, 5.41) is 11.5. The molecule has 1 saturated heterocycles. The molecule has 3 rings (SSSR count). The van der Waals surface area contributed by atoms with Gasteiger partial charge in [-0.1, -0.05) is 11.2 Å². The van der Waals surface area contributed by atoms with Crippen molar-refractivity contribution in [2.75, 3.05) is 19.7 Å². The number of unbranched alkanes of at least 4 members (excludes halogenated alkanes) is 1. The first-order valence-corrected chi connectivity index (χ1v) is 9.80. The highest BCUT2D eigenvalue weighted by molar-refractivity contribution is 7.13. The molecule has 8 heteroatoms. The van der Waals surface area contributed by atoms with E-state index in [4.69, 9.17) is 9.26 Å². The number of aromatic nitrogens is 1. The fourth-order valence-corrected chi connectivity index (χ4v) is 3.41. The van der Waals surface area contributed by atoms with Gasteiger partial charge in [0.25, 0.3) is 5.91 Å². The molecule has 1 unspecified atom stereocenters. The lowest BCUT2D eigenvalue weighted by Gasteiger charge is -2.21. The molecule has 1 fully saturated rings. The maximum atomic E-state index is 12.1. The van der Waals surface area contributed by atoms with Gasteiger partial charge in [-0.25, -0.2) is 0 Å². The Morgan fingerprint density at radius 1 is 1.23 bits per heavy atom. The summed E-state index contributed by atoms with van der Waals surface area (Å²) in [6.45, 7) is 1.78. The Morgan fingerprint density at radius 2 is 2.08 bits per heavy atom. The number of nitrogens with one attached hydrogen (secondary N) is 2. The second-order valence-electron chi connectivity index (χ2n) is 6.16. The van der Waals surface area contributed by atoms with E-state index >= 15 is 0 Å². The van der Waals surface area contributed by atoms with Crippen LogP contribution in [0, 0.1) is 0 Å². The first kappa shape index (κ1) is 18.6. The number of ether oxygens (including phenoxy) is 1. The molecular formula is C18H23N3O4S. The summed E-state index contributed by atoms with van der Waals surface area (Å²) in [6, 6.07) is 5.48. The van der Waals surface area contributed by atoms with Gasteiger partial charge in [0.05, 0.1) is 4.88 Å². The Balaban J connectivity index is 1.30. The molecule has 0 radical (unpaired) electrons. The van der Waals surface area contributed by atoms with Gasteiger partial charge < -0.3 is 19.9 Å². The molecule has 2 amide bonds. The third-order valence-electron chi connectivity index (χ3n) is 4.17. The number of carbonyl (C=O) groups is 2. The molecule has 7 nitrogen and oxygen atoms in total. The van der Waals surface area contributed by atoms with Crippen molar-refractivity contribution < 1.29 is 18.8 Å². The minimum Gasteiger partial charge on any atom is -0.368 e. The van der Waals surface area contributed by atoms with E-state index in [1.165, 1.54) is 11.3 Å². The monoisotopic (exact) mass is 377 g/mol. The van der Waals surface area contributed by atoms with Crippen LogP contribution in [-0.2, 0) is 9.53 Å². The van der Waals surface area contributed by atoms with Crippen LogP contribution in [0.5, 0.6) is 0 Å². The third-order valence-corrected chi connectivity index (χ3v) is 5.05. The quantitative estimate of drug-likeness (QED) is 0.690. The number of amides is 2. The van der Waals surface area contributed by atoms with Crippen molar-refractivity contribution >= 4 is 23.2 Å². The molecule has 0 bridgehead atoms. The fraction of sp³-hybridized carbons (Fsp3) is 0.500. The van der Waals surface area contributed by atoms with Gasteiger partial charge in [-0.05, 0) is 43.6 Å². The zero-order valence-electron chi connectivity index (χ0n) is 14.5. The maximum Gasteiger partial charge on any atom is 0.273 e. The Kier molecular flexibility index (Phi) is 6.79. The van der Waals surface area contributed by atoms with E-state index in [1.54, 1.807) is 6.07 Å². The van der Waals surface area contributed by atoms with Gasteiger partial charge in [-0.15, -0.1) is 11.3 Å². The average Bonchev–Trinajstić information content (AvgIpc) is 3.36. The normalized spacial score (nSPS) is 17.0. The molecule has 1 aliphatic heterocycles. The van der Waals surface area contributed by atoms with Crippen molar-refractivity contribution in [3.63, 3.8) is 0 Å². The van der Waals surface area contributed by atoms with E-state index in [9.17, 15) is 9.59 Å². The summed E-state index contributed by atoms with van der Waals surface area (Å²) in [5.41, 5.74) is 0.274.